The summed E-state index contributed by atoms with van der Waals surface area (Å²) in [6, 6.07) is 0. The molecule has 1 N–H and O–H groups in total. The molecule has 0 radical (unpaired) electrons. The molecular weight excluding hydrogens is 185 g/mol. The molecular formula is C7H10BN3O3. The Bertz CT molecular complexity index is 374. The topological polar surface area (TPSA) is 73.2 Å². The number of aryl methyl sites for hydroxylation is 1. The highest BCUT2D eigenvalue weighted by atomic mass is 16.5. The minimum atomic E-state index is -0.538. The van der Waals surface area contributed by atoms with Crippen molar-refractivity contribution in [2.75, 3.05) is 12.4 Å². The van der Waals surface area contributed by atoms with Crippen LogP contribution in [0.4, 0.5) is 10.6 Å². The lowest BCUT2D eigenvalue weighted by Gasteiger charge is -1.96. The van der Waals surface area contributed by atoms with Crippen molar-refractivity contribution in [1.82, 2.24) is 9.55 Å². The zero-order valence-corrected chi connectivity index (χ0v) is 8.20. The zero-order chi connectivity index (χ0) is 10.7. The van der Waals surface area contributed by atoms with E-state index < -0.39 is 5.97 Å². The SMILES string of the molecule is BC(=O)Nc1cn(C)c(C(=O)OC)n1. The van der Waals surface area contributed by atoms with Gasteiger partial charge in [-0.1, -0.05) is 0 Å². The predicted molar refractivity (Wildman–Crippen MR) is 52.1 cm³/mol. The van der Waals surface area contributed by atoms with E-state index in [-0.39, 0.29) is 11.6 Å². The molecule has 0 saturated heterocycles. The number of carbonyl (C=O) groups excluding carboxylic acids is 2. The van der Waals surface area contributed by atoms with Crippen LogP contribution in [0.2, 0.25) is 0 Å². The molecule has 1 amide bonds. The highest BCUT2D eigenvalue weighted by Gasteiger charge is 2.14. The molecule has 0 aromatic carbocycles. The first-order valence-electron chi connectivity index (χ1n) is 3.94. The number of hydrogen-bond donors (Lipinski definition) is 1. The van der Waals surface area contributed by atoms with Gasteiger partial charge < -0.3 is 14.6 Å². The molecule has 0 aliphatic heterocycles. The van der Waals surface area contributed by atoms with Gasteiger partial charge in [-0.25, -0.2) is 9.78 Å². The predicted octanol–water partition coefficient (Wildman–Crippen LogP) is -0.628. The number of anilines is 1. The van der Waals surface area contributed by atoms with Crippen LogP contribution in [-0.2, 0) is 11.8 Å². The van der Waals surface area contributed by atoms with Gasteiger partial charge in [0.25, 0.3) is 0 Å². The van der Waals surface area contributed by atoms with Crippen LogP contribution in [0.1, 0.15) is 10.6 Å². The van der Waals surface area contributed by atoms with Gasteiger partial charge >= 0.3 is 5.97 Å². The Labute approximate surface area is 81.7 Å². The zero-order valence-electron chi connectivity index (χ0n) is 8.20. The molecule has 7 heteroatoms. The van der Waals surface area contributed by atoms with E-state index in [0.717, 1.165) is 0 Å². The van der Waals surface area contributed by atoms with E-state index in [0.29, 0.717) is 5.82 Å². The largest absolute Gasteiger partial charge is 0.463 e. The van der Waals surface area contributed by atoms with Gasteiger partial charge in [0.2, 0.25) is 13.7 Å². The fourth-order valence-corrected chi connectivity index (χ4v) is 0.988. The number of nitrogens with one attached hydrogen (secondary N) is 1. The summed E-state index contributed by atoms with van der Waals surface area (Å²) in [6.07, 6.45) is 1.54. The molecule has 1 heterocycles. The summed E-state index contributed by atoms with van der Waals surface area (Å²) in [5.74, 6) is -0.291. The Hall–Kier alpha value is -1.79. The lowest BCUT2D eigenvalue weighted by molar-refractivity contribution is 0.0583. The molecule has 1 aromatic heterocycles. The van der Waals surface area contributed by atoms with Crippen molar-refractivity contribution in [3.05, 3.63) is 12.0 Å². The van der Waals surface area contributed by atoms with Crippen LogP contribution < -0.4 is 5.32 Å². The van der Waals surface area contributed by atoms with Crippen LogP contribution in [0.25, 0.3) is 0 Å². The van der Waals surface area contributed by atoms with Crippen molar-refractivity contribution >= 4 is 25.4 Å². The fourth-order valence-electron chi connectivity index (χ4n) is 0.988. The highest BCUT2D eigenvalue weighted by Crippen LogP contribution is 2.07. The number of aromatic nitrogens is 2. The molecule has 0 bridgehead atoms. The van der Waals surface area contributed by atoms with Crippen LogP contribution >= 0.6 is 0 Å². The summed E-state index contributed by atoms with van der Waals surface area (Å²) in [7, 11) is 4.28. The Kier molecular flexibility index (Phi) is 2.90. The summed E-state index contributed by atoms with van der Waals surface area (Å²) in [5.41, 5.74) is 0. The molecule has 0 unspecified atom stereocenters. The summed E-state index contributed by atoms with van der Waals surface area (Å²) in [6.45, 7) is 0. The fraction of sp³-hybridized carbons (Fsp3) is 0.286. The van der Waals surface area contributed by atoms with E-state index in [2.05, 4.69) is 15.0 Å². The molecule has 6 nitrogen and oxygen atoms in total. The third-order valence-electron chi connectivity index (χ3n) is 1.55. The lowest BCUT2D eigenvalue weighted by atomic mass is 10.1. The third-order valence-corrected chi connectivity index (χ3v) is 1.55. The maximum Gasteiger partial charge on any atom is 0.374 e. The number of ether oxygens (including phenoxy) is 1. The number of methoxy groups -OCH3 is 1. The van der Waals surface area contributed by atoms with Crippen molar-refractivity contribution in [3.63, 3.8) is 0 Å². The van der Waals surface area contributed by atoms with Crippen LogP contribution in [0.5, 0.6) is 0 Å². The van der Waals surface area contributed by atoms with Crippen LogP contribution in [0, 0.1) is 0 Å². The molecule has 1 rings (SSSR count). The van der Waals surface area contributed by atoms with Crippen molar-refractivity contribution < 1.29 is 14.3 Å². The van der Waals surface area contributed by atoms with E-state index in [1.165, 1.54) is 25.7 Å². The lowest BCUT2D eigenvalue weighted by Crippen LogP contribution is -2.10. The van der Waals surface area contributed by atoms with Gasteiger partial charge in [0.05, 0.1) is 7.11 Å². The minimum absolute atomic E-state index is 0.149. The van der Waals surface area contributed by atoms with Gasteiger partial charge in [-0.2, -0.15) is 0 Å². The van der Waals surface area contributed by atoms with Crippen LogP contribution in [0.15, 0.2) is 6.20 Å². The monoisotopic (exact) mass is 195 g/mol. The first-order valence-corrected chi connectivity index (χ1v) is 3.94. The van der Waals surface area contributed by atoms with E-state index in [1.54, 1.807) is 7.05 Å². The first kappa shape index (κ1) is 10.3. The Morgan fingerprint density at radius 3 is 2.79 bits per heavy atom. The summed E-state index contributed by atoms with van der Waals surface area (Å²) >= 11 is 0. The van der Waals surface area contributed by atoms with Gasteiger partial charge in [-0.3, -0.25) is 4.79 Å². The number of rotatable bonds is 2. The van der Waals surface area contributed by atoms with Crippen molar-refractivity contribution in [2.24, 2.45) is 7.05 Å². The van der Waals surface area contributed by atoms with Crippen molar-refractivity contribution in [1.29, 1.82) is 0 Å². The molecule has 0 aliphatic rings. The second-order valence-electron chi connectivity index (χ2n) is 2.73. The van der Waals surface area contributed by atoms with Gasteiger partial charge in [-0.05, 0) is 0 Å². The molecule has 0 fully saturated rings. The number of amides is 1. The van der Waals surface area contributed by atoms with E-state index in [1.807, 2.05) is 0 Å². The number of nitrogens with zero attached hydrogens (tertiary/aromatic N) is 2. The Balaban J connectivity index is 2.93. The Morgan fingerprint density at radius 2 is 2.29 bits per heavy atom. The number of esters is 1. The van der Waals surface area contributed by atoms with E-state index >= 15 is 0 Å². The first-order chi connectivity index (χ1) is 6.54. The number of hydrogen-bond acceptors (Lipinski definition) is 4. The molecule has 0 spiro atoms. The van der Waals surface area contributed by atoms with E-state index in [4.69, 9.17) is 0 Å². The van der Waals surface area contributed by atoms with Crippen LogP contribution in [-0.4, -0.2) is 36.3 Å². The van der Waals surface area contributed by atoms with Crippen molar-refractivity contribution in [3.8, 4) is 0 Å². The van der Waals surface area contributed by atoms with Gasteiger partial charge in [0.1, 0.15) is 0 Å². The normalized spacial score (nSPS) is 9.57. The Morgan fingerprint density at radius 1 is 1.64 bits per heavy atom. The number of imidazole rings is 1. The molecule has 74 valence electrons. The average molecular weight is 195 g/mol. The van der Waals surface area contributed by atoms with Gasteiger partial charge in [0.15, 0.2) is 11.6 Å². The van der Waals surface area contributed by atoms with Gasteiger partial charge in [-0.15, -0.1) is 0 Å². The summed E-state index contributed by atoms with van der Waals surface area (Å²) in [4.78, 5) is 25.7. The smallest absolute Gasteiger partial charge is 0.374 e. The second-order valence-corrected chi connectivity index (χ2v) is 2.73. The molecule has 1 aromatic rings. The summed E-state index contributed by atoms with van der Waals surface area (Å²) < 4.78 is 5.98. The number of carbonyl (C=O) groups is 2. The third kappa shape index (κ3) is 2.12. The molecule has 0 atom stereocenters. The van der Waals surface area contributed by atoms with Crippen LogP contribution in [0.3, 0.4) is 0 Å². The maximum absolute atomic E-state index is 11.1. The second kappa shape index (κ2) is 3.95. The summed E-state index contributed by atoms with van der Waals surface area (Å²) in [5, 5.41) is 2.47. The maximum atomic E-state index is 11.1. The minimum Gasteiger partial charge on any atom is -0.463 e. The highest BCUT2D eigenvalue weighted by molar-refractivity contribution is 6.60. The van der Waals surface area contributed by atoms with Gasteiger partial charge in [0, 0.05) is 13.2 Å². The average Bonchev–Trinajstić information content (AvgIpc) is 2.44. The molecule has 0 aliphatic carbocycles. The molecule has 0 saturated carbocycles. The standard InChI is InChI=1S/C7H10BN3O3/c1-11-3-4(10-7(8)13)9-5(11)6(12)14-2/h3H,8H2,1-2H3,(H,10,13). The van der Waals surface area contributed by atoms with Crippen molar-refractivity contribution in [2.45, 2.75) is 0 Å². The van der Waals surface area contributed by atoms with E-state index in [9.17, 15) is 9.59 Å². The molecule has 14 heavy (non-hydrogen) atoms. The quantitative estimate of drug-likeness (QED) is 0.503.